The van der Waals surface area contributed by atoms with E-state index >= 15 is 0 Å². The molecule has 0 fully saturated rings. The van der Waals surface area contributed by atoms with E-state index in [0.29, 0.717) is 12.3 Å². The fraction of sp³-hybridized carbons (Fsp3) is 0.462. The van der Waals surface area contributed by atoms with Crippen molar-refractivity contribution in [3.63, 3.8) is 0 Å². The van der Waals surface area contributed by atoms with E-state index in [1.165, 1.54) is 12.7 Å². The minimum atomic E-state index is -0.211. The average Bonchev–Trinajstić information content (AvgIpc) is 2.35. The van der Waals surface area contributed by atoms with Gasteiger partial charge in [0.2, 0.25) is 0 Å². The van der Waals surface area contributed by atoms with Crippen molar-refractivity contribution in [2.45, 2.75) is 19.4 Å². The maximum absolute atomic E-state index is 11.1. The predicted molar refractivity (Wildman–Crippen MR) is 69.2 cm³/mol. The first kappa shape index (κ1) is 14.0. The number of alkyl halides is 1. The molecule has 0 spiro atoms. The first-order valence-corrected chi connectivity index (χ1v) is 6.21. The van der Waals surface area contributed by atoms with Crippen molar-refractivity contribution < 1.29 is 9.53 Å². The van der Waals surface area contributed by atoms with Crippen molar-refractivity contribution in [2.24, 2.45) is 0 Å². The highest BCUT2D eigenvalue weighted by Crippen LogP contribution is 2.06. The predicted octanol–water partition coefficient (Wildman–Crippen LogP) is 2.12. The zero-order chi connectivity index (χ0) is 12.5. The largest absolute Gasteiger partial charge is 0.469 e. The lowest BCUT2D eigenvalue weighted by atomic mass is 10.1. The van der Waals surface area contributed by atoms with Crippen LogP contribution in [0.5, 0.6) is 0 Å². The quantitative estimate of drug-likeness (QED) is 0.461. The molecule has 1 aromatic rings. The normalized spacial score (nSPS) is 10.2. The van der Waals surface area contributed by atoms with Gasteiger partial charge in [-0.25, -0.2) is 0 Å². The van der Waals surface area contributed by atoms with E-state index in [0.717, 1.165) is 25.1 Å². The minimum absolute atomic E-state index is 0.211. The van der Waals surface area contributed by atoms with E-state index in [4.69, 9.17) is 11.6 Å². The Balaban J connectivity index is 2.45. The molecule has 0 aliphatic carbocycles. The van der Waals surface area contributed by atoms with Gasteiger partial charge in [-0.3, -0.25) is 4.79 Å². The summed E-state index contributed by atoms with van der Waals surface area (Å²) in [4.78, 5) is 11.1. The summed E-state index contributed by atoms with van der Waals surface area (Å²) in [6.45, 7) is 1.70. The first-order chi connectivity index (χ1) is 8.26. The van der Waals surface area contributed by atoms with E-state index in [2.05, 4.69) is 10.1 Å². The third-order valence-corrected chi connectivity index (χ3v) is 2.65. The summed E-state index contributed by atoms with van der Waals surface area (Å²) in [6, 6.07) is 7.94. The molecule has 0 saturated carbocycles. The third-order valence-electron chi connectivity index (χ3n) is 2.38. The van der Waals surface area contributed by atoms with Gasteiger partial charge in [0.15, 0.2) is 0 Å². The molecule has 17 heavy (non-hydrogen) atoms. The highest BCUT2D eigenvalue weighted by Gasteiger charge is 2.03. The SMILES string of the molecule is COC(=O)Cc1cccc(CNCCCCl)c1. The van der Waals surface area contributed by atoms with Gasteiger partial charge in [-0.1, -0.05) is 24.3 Å². The van der Waals surface area contributed by atoms with Crippen molar-refractivity contribution in [1.29, 1.82) is 0 Å². The molecule has 1 aromatic carbocycles. The molecule has 0 aromatic heterocycles. The molecule has 94 valence electrons. The molecular weight excluding hydrogens is 238 g/mol. The molecule has 4 heteroatoms. The summed E-state index contributed by atoms with van der Waals surface area (Å²) in [5, 5.41) is 3.30. The molecule has 0 saturated heterocycles. The van der Waals surface area contributed by atoms with E-state index < -0.39 is 0 Å². The van der Waals surface area contributed by atoms with Crippen LogP contribution in [-0.2, 0) is 22.5 Å². The molecule has 0 amide bonds. The summed E-state index contributed by atoms with van der Waals surface area (Å²) in [5.41, 5.74) is 2.15. The summed E-state index contributed by atoms with van der Waals surface area (Å²) in [5.74, 6) is 0.465. The van der Waals surface area contributed by atoms with Crippen LogP contribution >= 0.6 is 11.6 Å². The van der Waals surface area contributed by atoms with Gasteiger partial charge in [-0.15, -0.1) is 11.6 Å². The topological polar surface area (TPSA) is 38.3 Å². The molecular formula is C13H18ClNO2. The number of hydrogen-bond donors (Lipinski definition) is 1. The standard InChI is InChI=1S/C13H18ClNO2/c1-17-13(16)9-11-4-2-5-12(8-11)10-15-7-3-6-14/h2,4-5,8,15H,3,6-7,9-10H2,1H3. The Morgan fingerprint density at radius 2 is 2.18 bits per heavy atom. The van der Waals surface area contributed by atoms with Crippen LogP contribution in [0.1, 0.15) is 17.5 Å². The number of carbonyl (C=O) groups excluding carboxylic acids is 1. The lowest BCUT2D eigenvalue weighted by Gasteiger charge is -2.06. The van der Waals surface area contributed by atoms with Gasteiger partial charge in [0.05, 0.1) is 13.5 Å². The first-order valence-electron chi connectivity index (χ1n) is 5.67. The number of benzene rings is 1. The molecule has 0 heterocycles. The van der Waals surface area contributed by atoms with Gasteiger partial charge >= 0.3 is 5.97 Å². The average molecular weight is 256 g/mol. The molecule has 0 aliphatic heterocycles. The second-order valence-electron chi connectivity index (χ2n) is 3.79. The fourth-order valence-corrected chi connectivity index (χ4v) is 1.65. The number of halogens is 1. The van der Waals surface area contributed by atoms with Crippen LogP contribution in [0.25, 0.3) is 0 Å². The number of methoxy groups -OCH3 is 1. The lowest BCUT2D eigenvalue weighted by Crippen LogP contribution is -2.15. The molecule has 0 aliphatic rings. The van der Waals surface area contributed by atoms with Crippen LogP contribution in [0.4, 0.5) is 0 Å². The van der Waals surface area contributed by atoms with Gasteiger partial charge in [-0.2, -0.15) is 0 Å². The van der Waals surface area contributed by atoms with Crippen LogP contribution in [-0.4, -0.2) is 25.5 Å². The second-order valence-corrected chi connectivity index (χ2v) is 4.17. The van der Waals surface area contributed by atoms with Gasteiger partial charge < -0.3 is 10.1 Å². The van der Waals surface area contributed by atoms with Gasteiger partial charge in [0, 0.05) is 12.4 Å². The fourth-order valence-electron chi connectivity index (χ4n) is 1.51. The molecule has 0 unspecified atom stereocenters. The van der Waals surface area contributed by atoms with Crippen molar-refractivity contribution in [2.75, 3.05) is 19.5 Å². The van der Waals surface area contributed by atoms with E-state index in [1.54, 1.807) is 0 Å². The summed E-state index contributed by atoms with van der Waals surface area (Å²) in [6.07, 6.45) is 1.29. The number of hydrogen-bond acceptors (Lipinski definition) is 3. The highest BCUT2D eigenvalue weighted by molar-refractivity contribution is 6.17. The number of ether oxygens (including phenoxy) is 1. The van der Waals surface area contributed by atoms with Crippen LogP contribution in [0.3, 0.4) is 0 Å². The molecule has 0 atom stereocenters. The van der Waals surface area contributed by atoms with Gasteiger partial charge in [-0.05, 0) is 24.1 Å². The Kier molecular flexibility index (Phi) is 6.67. The number of rotatable bonds is 7. The summed E-state index contributed by atoms with van der Waals surface area (Å²) >= 11 is 5.59. The highest BCUT2D eigenvalue weighted by atomic mass is 35.5. The number of esters is 1. The van der Waals surface area contributed by atoms with Crippen molar-refractivity contribution in [3.8, 4) is 0 Å². The maximum atomic E-state index is 11.1. The van der Waals surface area contributed by atoms with Crippen molar-refractivity contribution in [3.05, 3.63) is 35.4 Å². The van der Waals surface area contributed by atoms with Crippen molar-refractivity contribution in [1.82, 2.24) is 5.32 Å². The molecule has 3 nitrogen and oxygen atoms in total. The Morgan fingerprint density at radius 3 is 2.88 bits per heavy atom. The zero-order valence-corrected chi connectivity index (χ0v) is 10.8. The lowest BCUT2D eigenvalue weighted by molar-refractivity contribution is -0.139. The van der Waals surface area contributed by atoms with Crippen LogP contribution in [0.15, 0.2) is 24.3 Å². The van der Waals surface area contributed by atoms with E-state index in [-0.39, 0.29) is 5.97 Å². The van der Waals surface area contributed by atoms with Crippen LogP contribution in [0.2, 0.25) is 0 Å². The number of nitrogens with one attached hydrogen (secondary N) is 1. The Bertz CT molecular complexity index is 355. The zero-order valence-electron chi connectivity index (χ0n) is 10.0. The Labute approximate surface area is 107 Å². The Hall–Kier alpha value is -1.06. The third kappa shape index (κ3) is 5.71. The summed E-state index contributed by atoms with van der Waals surface area (Å²) < 4.78 is 4.64. The minimum Gasteiger partial charge on any atom is -0.469 e. The van der Waals surface area contributed by atoms with Gasteiger partial charge in [0.1, 0.15) is 0 Å². The maximum Gasteiger partial charge on any atom is 0.309 e. The van der Waals surface area contributed by atoms with Crippen LogP contribution in [0, 0.1) is 0 Å². The Morgan fingerprint density at radius 1 is 1.41 bits per heavy atom. The second kappa shape index (κ2) is 8.09. The van der Waals surface area contributed by atoms with Crippen LogP contribution < -0.4 is 5.32 Å². The molecule has 0 bridgehead atoms. The molecule has 0 radical (unpaired) electrons. The summed E-state index contributed by atoms with van der Waals surface area (Å²) in [7, 11) is 1.40. The number of carbonyl (C=O) groups is 1. The van der Waals surface area contributed by atoms with E-state index in [1.807, 2.05) is 24.3 Å². The smallest absolute Gasteiger partial charge is 0.309 e. The van der Waals surface area contributed by atoms with Gasteiger partial charge in [0.25, 0.3) is 0 Å². The molecule has 1 N–H and O–H groups in total. The monoisotopic (exact) mass is 255 g/mol. The molecule has 1 rings (SSSR count). The van der Waals surface area contributed by atoms with Crippen molar-refractivity contribution >= 4 is 17.6 Å². The van der Waals surface area contributed by atoms with E-state index in [9.17, 15) is 4.79 Å².